The number of non-ortho nitro benzene ring substituents is 1. The third kappa shape index (κ3) is 6.45. The van der Waals surface area contributed by atoms with Gasteiger partial charge in [-0.15, -0.1) is 0 Å². The Kier molecular flexibility index (Phi) is 8.19. The molecule has 2 N–H and O–H groups in total. The molecule has 4 aromatic rings. The van der Waals surface area contributed by atoms with E-state index in [1.54, 1.807) is 37.3 Å². The van der Waals surface area contributed by atoms with E-state index in [4.69, 9.17) is 25.5 Å². The van der Waals surface area contributed by atoms with Gasteiger partial charge in [-0.3, -0.25) is 19.7 Å². The molecule has 0 radical (unpaired) electrons. The van der Waals surface area contributed by atoms with Gasteiger partial charge in [0.1, 0.15) is 5.58 Å². The Balaban J connectivity index is 1.42. The van der Waals surface area contributed by atoms with E-state index < -0.39 is 10.8 Å². The Labute approximate surface area is 221 Å². The number of fused-ring (bicyclic) bond motifs is 1. The molecule has 3 aromatic carbocycles. The molecule has 1 aromatic heterocycles. The zero-order valence-electron chi connectivity index (χ0n) is 20.0. The molecule has 1 heterocycles. The molecule has 0 saturated heterocycles. The van der Waals surface area contributed by atoms with Gasteiger partial charge in [0, 0.05) is 23.2 Å². The van der Waals surface area contributed by atoms with Gasteiger partial charge in [0.15, 0.2) is 23.9 Å². The minimum Gasteiger partial charge on any atom is -0.490 e. The van der Waals surface area contributed by atoms with E-state index >= 15 is 0 Å². The zero-order chi connectivity index (χ0) is 27.1. The van der Waals surface area contributed by atoms with E-state index in [1.807, 2.05) is 6.07 Å². The summed E-state index contributed by atoms with van der Waals surface area (Å²) in [4.78, 5) is 35.1. The molecule has 2 amide bonds. The summed E-state index contributed by atoms with van der Waals surface area (Å²) in [6, 6.07) is 17.5. The Hall–Kier alpha value is -4.90. The Morgan fingerprint density at radius 3 is 2.63 bits per heavy atom. The summed E-state index contributed by atoms with van der Waals surface area (Å²) in [6.07, 6.45) is 1.34. The Bertz CT molecular complexity index is 1520. The minimum atomic E-state index is -0.652. The second-order valence-corrected chi connectivity index (χ2v) is 8.16. The number of hydrogen-bond acceptors (Lipinski definition) is 8. The molecule has 0 unspecified atom stereocenters. The summed E-state index contributed by atoms with van der Waals surface area (Å²) < 4.78 is 16.7. The SMILES string of the molecule is CCOc1cc(/C=N/NC(=O)c2cc3cc([N+](=O)[O-])ccc3o2)cc(Cl)c1OCC(=O)Nc1ccccc1. The van der Waals surface area contributed by atoms with E-state index in [1.165, 1.54) is 36.5 Å². The van der Waals surface area contributed by atoms with Crippen molar-refractivity contribution in [3.05, 3.63) is 93.2 Å². The number of halogens is 1. The second-order valence-electron chi connectivity index (χ2n) is 7.75. The van der Waals surface area contributed by atoms with Crippen molar-refractivity contribution in [2.75, 3.05) is 18.5 Å². The number of furan rings is 1. The number of carbonyl (C=O) groups is 2. The van der Waals surface area contributed by atoms with Crippen LogP contribution in [0.25, 0.3) is 11.0 Å². The van der Waals surface area contributed by atoms with Crippen molar-refractivity contribution in [3.63, 3.8) is 0 Å². The first-order valence-electron chi connectivity index (χ1n) is 11.3. The number of hydrazone groups is 1. The number of rotatable bonds is 10. The highest BCUT2D eigenvalue weighted by atomic mass is 35.5. The van der Waals surface area contributed by atoms with Gasteiger partial charge in [0.2, 0.25) is 0 Å². The number of para-hydroxylation sites is 1. The van der Waals surface area contributed by atoms with Crippen molar-refractivity contribution in [3.8, 4) is 11.5 Å². The average molecular weight is 537 g/mol. The fourth-order valence-electron chi connectivity index (χ4n) is 3.40. The lowest BCUT2D eigenvalue weighted by Gasteiger charge is -2.14. The van der Waals surface area contributed by atoms with Crippen molar-refractivity contribution < 1.29 is 28.4 Å². The number of carbonyl (C=O) groups excluding carboxylic acids is 2. The Morgan fingerprint density at radius 1 is 1.11 bits per heavy atom. The average Bonchev–Trinajstić information content (AvgIpc) is 3.33. The van der Waals surface area contributed by atoms with E-state index in [2.05, 4.69) is 15.8 Å². The number of ether oxygens (including phenoxy) is 2. The van der Waals surface area contributed by atoms with Crippen LogP contribution in [-0.4, -0.2) is 36.2 Å². The predicted octanol–water partition coefficient (Wildman–Crippen LogP) is 5.17. The first-order chi connectivity index (χ1) is 18.3. The molecule has 0 spiro atoms. The van der Waals surface area contributed by atoms with Gasteiger partial charge in [0.25, 0.3) is 11.6 Å². The van der Waals surface area contributed by atoms with Gasteiger partial charge in [-0.25, -0.2) is 5.43 Å². The summed E-state index contributed by atoms with van der Waals surface area (Å²) in [5.74, 6) is -0.611. The number of nitro benzene ring substituents is 1. The number of amides is 2. The van der Waals surface area contributed by atoms with Crippen LogP contribution in [-0.2, 0) is 4.79 Å². The van der Waals surface area contributed by atoms with Crippen molar-refractivity contribution in [1.82, 2.24) is 5.43 Å². The van der Waals surface area contributed by atoms with Gasteiger partial charge in [-0.05, 0) is 48.9 Å². The lowest BCUT2D eigenvalue weighted by atomic mass is 10.2. The van der Waals surface area contributed by atoms with Gasteiger partial charge in [0.05, 0.1) is 22.8 Å². The molecule has 38 heavy (non-hydrogen) atoms. The topological polar surface area (TPSA) is 145 Å². The Morgan fingerprint density at radius 2 is 1.89 bits per heavy atom. The second kappa shape index (κ2) is 11.9. The third-order valence-electron chi connectivity index (χ3n) is 5.05. The summed E-state index contributed by atoms with van der Waals surface area (Å²) in [6.45, 7) is 1.80. The number of benzene rings is 3. The smallest absolute Gasteiger partial charge is 0.307 e. The van der Waals surface area contributed by atoms with Crippen LogP contribution in [0.3, 0.4) is 0 Å². The predicted molar refractivity (Wildman–Crippen MR) is 141 cm³/mol. The number of nitrogens with one attached hydrogen (secondary N) is 2. The molecular formula is C26H21ClN4O7. The number of nitro groups is 1. The van der Waals surface area contributed by atoms with E-state index in [0.717, 1.165) is 0 Å². The maximum atomic E-state index is 12.4. The normalized spacial score (nSPS) is 10.9. The molecule has 0 aliphatic carbocycles. The summed E-state index contributed by atoms with van der Waals surface area (Å²) in [5.41, 5.74) is 3.66. The largest absolute Gasteiger partial charge is 0.490 e. The molecule has 194 valence electrons. The summed E-state index contributed by atoms with van der Waals surface area (Å²) in [5, 5.41) is 18.2. The van der Waals surface area contributed by atoms with Crippen LogP contribution < -0.4 is 20.2 Å². The van der Waals surface area contributed by atoms with Gasteiger partial charge >= 0.3 is 5.91 Å². The minimum absolute atomic E-state index is 0.0665. The molecule has 4 rings (SSSR count). The molecule has 12 heteroatoms. The summed E-state index contributed by atoms with van der Waals surface area (Å²) >= 11 is 6.38. The lowest BCUT2D eigenvalue weighted by Crippen LogP contribution is -2.20. The first-order valence-corrected chi connectivity index (χ1v) is 11.7. The lowest BCUT2D eigenvalue weighted by molar-refractivity contribution is -0.384. The van der Waals surface area contributed by atoms with Crippen molar-refractivity contribution in [2.45, 2.75) is 6.92 Å². The molecule has 0 aliphatic heterocycles. The number of nitrogens with zero attached hydrogens (tertiary/aromatic N) is 2. The van der Waals surface area contributed by atoms with Gasteiger partial charge in [-0.2, -0.15) is 5.10 Å². The molecular weight excluding hydrogens is 516 g/mol. The van der Waals surface area contributed by atoms with Crippen molar-refractivity contribution in [2.24, 2.45) is 5.10 Å². The summed E-state index contributed by atoms with van der Waals surface area (Å²) in [7, 11) is 0. The molecule has 0 aliphatic rings. The van der Waals surface area contributed by atoms with Crippen LogP contribution in [0.2, 0.25) is 5.02 Å². The highest BCUT2D eigenvalue weighted by molar-refractivity contribution is 6.32. The van der Waals surface area contributed by atoms with Crippen LogP contribution in [0.5, 0.6) is 11.5 Å². The van der Waals surface area contributed by atoms with Crippen LogP contribution in [0.4, 0.5) is 11.4 Å². The first kappa shape index (κ1) is 26.2. The molecule has 11 nitrogen and oxygen atoms in total. The highest BCUT2D eigenvalue weighted by Crippen LogP contribution is 2.36. The number of hydrogen-bond donors (Lipinski definition) is 2. The van der Waals surface area contributed by atoms with E-state index in [0.29, 0.717) is 34.6 Å². The van der Waals surface area contributed by atoms with Crippen LogP contribution in [0.15, 0.2) is 76.2 Å². The van der Waals surface area contributed by atoms with Crippen LogP contribution in [0.1, 0.15) is 23.0 Å². The van der Waals surface area contributed by atoms with E-state index in [-0.39, 0.29) is 34.7 Å². The fourth-order valence-corrected chi connectivity index (χ4v) is 3.67. The number of anilines is 1. The fraction of sp³-hybridized carbons (Fsp3) is 0.115. The maximum Gasteiger partial charge on any atom is 0.307 e. The van der Waals surface area contributed by atoms with E-state index in [9.17, 15) is 19.7 Å². The zero-order valence-corrected chi connectivity index (χ0v) is 20.7. The molecule has 0 fully saturated rings. The van der Waals surface area contributed by atoms with Crippen LogP contribution >= 0.6 is 11.6 Å². The molecule has 0 bridgehead atoms. The monoisotopic (exact) mass is 536 g/mol. The van der Waals surface area contributed by atoms with Crippen molar-refractivity contribution in [1.29, 1.82) is 0 Å². The maximum absolute atomic E-state index is 12.4. The third-order valence-corrected chi connectivity index (χ3v) is 5.33. The van der Waals surface area contributed by atoms with Gasteiger partial charge in [-0.1, -0.05) is 29.8 Å². The van der Waals surface area contributed by atoms with Crippen molar-refractivity contribution >= 4 is 52.0 Å². The highest BCUT2D eigenvalue weighted by Gasteiger charge is 2.16. The molecule has 0 saturated carbocycles. The standard InChI is InChI=1S/C26H21ClN4O7/c1-2-36-22-11-16(10-20(27)25(22)37-15-24(32)29-18-6-4-3-5-7-18)14-28-30-26(33)23-13-17-12-19(31(34)35)8-9-21(17)38-23/h3-14H,2,15H2,1H3,(H,29,32)(H,30,33)/b28-14+. The van der Waals surface area contributed by atoms with Crippen LogP contribution in [0, 0.1) is 10.1 Å². The van der Waals surface area contributed by atoms with Gasteiger partial charge < -0.3 is 19.2 Å². The quantitative estimate of drug-likeness (QED) is 0.161. The molecule has 0 atom stereocenters.